The molecular formula is C14H24N2. The van der Waals surface area contributed by atoms with Crippen molar-refractivity contribution >= 4 is 0 Å². The first-order valence-electron chi connectivity index (χ1n) is 6.37. The highest BCUT2D eigenvalue weighted by molar-refractivity contribution is 5.09. The number of pyridine rings is 1. The van der Waals surface area contributed by atoms with E-state index in [0.29, 0.717) is 6.04 Å². The molecule has 1 atom stereocenters. The van der Waals surface area contributed by atoms with E-state index < -0.39 is 0 Å². The highest BCUT2D eigenvalue weighted by atomic mass is 14.9. The maximum atomic E-state index is 4.04. The molecule has 2 heteroatoms. The smallest absolute Gasteiger partial charge is 0.0270 e. The number of rotatable bonds is 7. The van der Waals surface area contributed by atoms with E-state index in [2.05, 4.69) is 43.3 Å². The summed E-state index contributed by atoms with van der Waals surface area (Å²) in [7, 11) is 2.08. The minimum Gasteiger partial charge on any atom is -0.317 e. The first-order chi connectivity index (χ1) is 7.81. The van der Waals surface area contributed by atoms with Crippen LogP contribution in [0.1, 0.15) is 38.7 Å². The van der Waals surface area contributed by atoms with Crippen molar-refractivity contribution in [1.29, 1.82) is 0 Å². The van der Waals surface area contributed by atoms with Crippen molar-refractivity contribution in [2.45, 2.75) is 45.6 Å². The molecule has 2 nitrogen and oxygen atoms in total. The Kier molecular flexibility index (Phi) is 6.09. The first kappa shape index (κ1) is 13.2. The van der Waals surface area contributed by atoms with Crippen LogP contribution in [0.5, 0.6) is 0 Å². The van der Waals surface area contributed by atoms with Crippen LogP contribution in [0.2, 0.25) is 0 Å². The molecule has 1 aromatic rings. The fourth-order valence-electron chi connectivity index (χ4n) is 2.35. The molecule has 0 spiro atoms. The topological polar surface area (TPSA) is 24.9 Å². The van der Waals surface area contributed by atoms with Crippen LogP contribution in [0, 0.1) is 5.92 Å². The Hall–Kier alpha value is -0.890. The lowest BCUT2D eigenvalue weighted by atomic mass is 9.90. The van der Waals surface area contributed by atoms with Crippen molar-refractivity contribution in [1.82, 2.24) is 10.3 Å². The van der Waals surface area contributed by atoms with Crippen LogP contribution in [0.3, 0.4) is 0 Å². The van der Waals surface area contributed by atoms with E-state index >= 15 is 0 Å². The average Bonchev–Trinajstić information content (AvgIpc) is 2.35. The molecule has 1 N–H and O–H groups in total. The number of aryl methyl sites for hydroxylation is 1. The minimum atomic E-state index is 0.642. The molecule has 90 valence electrons. The Labute approximate surface area is 99.5 Å². The highest BCUT2D eigenvalue weighted by Gasteiger charge is 2.15. The van der Waals surface area contributed by atoms with Crippen LogP contribution >= 0.6 is 0 Å². The molecule has 0 aliphatic rings. The molecule has 1 unspecified atom stereocenters. The largest absolute Gasteiger partial charge is 0.317 e. The van der Waals surface area contributed by atoms with Crippen LogP contribution in [-0.2, 0) is 6.42 Å². The first-order valence-corrected chi connectivity index (χ1v) is 6.37. The van der Waals surface area contributed by atoms with Crippen molar-refractivity contribution in [2.24, 2.45) is 5.92 Å². The lowest BCUT2D eigenvalue weighted by molar-refractivity contribution is 0.334. The minimum absolute atomic E-state index is 0.642. The molecule has 1 heterocycles. The van der Waals surface area contributed by atoms with E-state index in [1.54, 1.807) is 0 Å². The van der Waals surface area contributed by atoms with Gasteiger partial charge in [-0.1, -0.05) is 26.7 Å². The summed E-state index contributed by atoms with van der Waals surface area (Å²) in [5.41, 5.74) is 1.39. The van der Waals surface area contributed by atoms with E-state index in [-0.39, 0.29) is 0 Å². The number of nitrogens with zero attached hydrogens (tertiary/aromatic N) is 1. The molecule has 0 fully saturated rings. The Balaban J connectivity index is 2.45. The summed E-state index contributed by atoms with van der Waals surface area (Å²) >= 11 is 0. The monoisotopic (exact) mass is 220 g/mol. The van der Waals surface area contributed by atoms with Crippen molar-refractivity contribution in [3.8, 4) is 0 Å². The average molecular weight is 220 g/mol. The second-order valence-electron chi connectivity index (χ2n) is 4.37. The van der Waals surface area contributed by atoms with E-state index in [9.17, 15) is 0 Å². The van der Waals surface area contributed by atoms with Gasteiger partial charge < -0.3 is 5.32 Å². The summed E-state index contributed by atoms with van der Waals surface area (Å²) < 4.78 is 0. The molecule has 16 heavy (non-hydrogen) atoms. The molecule has 0 saturated carbocycles. The van der Waals surface area contributed by atoms with Gasteiger partial charge in [0.25, 0.3) is 0 Å². The Bertz CT molecular complexity index is 267. The predicted octanol–water partition coefficient (Wildman–Crippen LogP) is 3.04. The lowest BCUT2D eigenvalue weighted by Gasteiger charge is -2.24. The lowest BCUT2D eigenvalue weighted by Crippen LogP contribution is -2.33. The Morgan fingerprint density at radius 2 is 1.81 bits per heavy atom. The van der Waals surface area contributed by atoms with Crippen LogP contribution in [-0.4, -0.2) is 18.1 Å². The number of hydrogen-bond acceptors (Lipinski definition) is 2. The quantitative estimate of drug-likeness (QED) is 0.764. The van der Waals surface area contributed by atoms with Gasteiger partial charge in [-0.2, -0.15) is 0 Å². The highest BCUT2D eigenvalue weighted by Crippen LogP contribution is 2.17. The molecule has 1 rings (SSSR count). The van der Waals surface area contributed by atoms with Crippen molar-refractivity contribution in [3.63, 3.8) is 0 Å². The van der Waals surface area contributed by atoms with Gasteiger partial charge in [0, 0.05) is 18.4 Å². The second-order valence-corrected chi connectivity index (χ2v) is 4.37. The third-order valence-corrected chi connectivity index (χ3v) is 3.48. The van der Waals surface area contributed by atoms with E-state index in [4.69, 9.17) is 0 Å². The molecule has 0 saturated heterocycles. The molecule has 0 aliphatic heterocycles. The van der Waals surface area contributed by atoms with Crippen LogP contribution in [0.25, 0.3) is 0 Å². The van der Waals surface area contributed by atoms with E-state index in [1.165, 1.54) is 24.8 Å². The third-order valence-electron chi connectivity index (χ3n) is 3.48. The summed E-state index contributed by atoms with van der Waals surface area (Å²) in [5.74, 6) is 0.798. The van der Waals surface area contributed by atoms with E-state index in [0.717, 1.165) is 12.3 Å². The molecule has 1 aromatic heterocycles. The third kappa shape index (κ3) is 3.93. The fraction of sp³-hybridized carbons (Fsp3) is 0.643. The summed E-state index contributed by atoms with van der Waals surface area (Å²) in [6.07, 6.45) is 8.63. The van der Waals surface area contributed by atoms with Crippen molar-refractivity contribution < 1.29 is 0 Å². The molecule has 0 amide bonds. The van der Waals surface area contributed by atoms with Crippen molar-refractivity contribution in [2.75, 3.05) is 7.05 Å². The molecule has 0 aromatic carbocycles. The van der Waals surface area contributed by atoms with Crippen LogP contribution < -0.4 is 5.32 Å². The van der Waals surface area contributed by atoms with Gasteiger partial charge in [-0.25, -0.2) is 0 Å². The number of aromatic nitrogens is 1. The van der Waals surface area contributed by atoms with Gasteiger partial charge in [0.1, 0.15) is 0 Å². The van der Waals surface area contributed by atoms with Gasteiger partial charge in [0.05, 0.1) is 0 Å². The maximum absolute atomic E-state index is 4.04. The summed E-state index contributed by atoms with van der Waals surface area (Å²) in [6, 6.07) is 4.86. The van der Waals surface area contributed by atoms with Gasteiger partial charge in [-0.05, 0) is 43.5 Å². The summed E-state index contributed by atoms with van der Waals surface area (Å²) in [6.45, 7) is 4.57. The zero-order valence-corrected chi connectivity index (χ0v) is 10.7. The summed E-state index contributed by atoms with van der Waals surface area (Å²) in [5, 5.41) is 3.46. The van der Waals surface area contributed by atoms with Gasteiger partial charge in [0.15, 0.2) is 0 Å². The second kappa shape index (κ2) is 7.39. The predicted molar refractivity (Wildman–Crippen MR) is 69.5 cm³/mol. The molecule has 0 radical (unpaired) electrons. The summed E-state index contributed by atoms with van der Waals surface area (Å²) in [4.78, 5) is 4.04. The van der Waals surface area contributed by atoms with Gasteiger partial charge in [-0.3, -0.25) is 4.98 Å². The molecule has 0 aliphatic carbocycles. The number of hydrogen-bond donors (Lipinski definition) is 1. The Morgan fingerprint density at radius 3 is 2.31 bits per heavy atom. The zero-order valence-electron chi connectivity index (χ0n) is 10.7. The van der Waals surface area contributed by atoms with Gasteiger partial charge in [-0.15, -0.1) is 0 Å². The normalized spacial score (nSPS) is 13.0. The standard InChI is InChI=1S/C14H24N2/c1-4-13(5-2)14(15-3)7-6-12-8-10-16-11-9-12/h8-11,13-15H,4-7H2,1-3H3. The molecule has 0 bridgehead atoms. The van der Waals surface area contributed by atoms with Crippen LogP contribution in [0.15, 0.2) is 24.5 Å². The Morgan fingerprint density at radius 1 is 1.19 bits per heavy atom. The van der Waals surface area contributed by atoms with Gasteiger partial charge >= 0.3 is 0 Å². The number of nitrogens with one attached hydrogen (secondary N) is 1. The molecular weight excluding hydrogens is 196 g/mol. The maximum Gasteiger partial charge on any atom is 0.0270 e. The SMILES string of the molecule is CCC(CC)C(CCc1ccncc1)NC. The fourth-order valence-corrected chi connectivity index (χ4v) is 2.35. The van der Waals surface area contributed by atoms with Crippen LogP contribution in [0.4, 0.5) is 0 Å². The van der Waals surface area contributed by atoms with Crippen molar-refractivity contribution in [3.05, 3.63) is 30.1 Å². The van der Waals surface area contributed by atoms with Gasteiger partial charge in [0.2, 0.25) is 0 Å². The van der Waals surface area contributed by atoms with E-state index in [1.807, 2.05) is 12.4 Å². The zero-order chi connectivity index (χ0) is 11.8.